The molecule has 0 fully saturated rings. The van der Waals surface area contributed by atoms with Crippen molar-refractivity contribution in [2.24, 2.45) is 0 Å². The van der Waals surface area contributed by atoms with E-state index in [0.29, 0.717) is 4.42 Å². The van der Waals surface area contributed by atoms with E-state index in [1.54, 1.807) is 0 Å². The van der Waals surface area contributed by atoms with Gasteiger partial charge < -0.3 is 0 Å². The van der Waals surface area contributed by atoms with Crippen LogP contribution in [0, 0.1) is 0 Å². The summed E-state index contributed by atoms with van der Waals surface area (Å²) in [6.07, 6.45) is -4.52. The number of rotatable bonds is 1. The highest BCUT2D eigenvalue weighted by Crippen LogP contribution is 2.36. The van der Waals surface area contributed by atoms with E-state index in [-0.39, 0.29) is 5.69 Å². The highest BCUT2D eigenvalue weighted by Gasteiger charge is 2.33. The van der Waals surface area contributed by atoms with E-state index >= 15 is 0 Å². The predicted molar refractivity (Wildman–Crippen MR) is 55.5 cm³/mol. The fourth-order valence-electron chi connectivity index (χ4n) is 1.04. The third kappa shape index (κ3) is 2.80. The smallest absolute Gasteiger partial charge is 0.274 e. The Morgan fingerprint density at radius 2 is 1.94 bits per heavy atom. The highest BCUT2D eigenvalue weighted by atomic mass is 35.5. The number of amides is 1. The van der Waals surface area contributed by atoms with Crippen molar-refractivity contribution in [3.63, 3.8) is 0 Å². The van der Waals surface area contributed by atoms with Crippen LogP contribution in [0.2, 0.25) is 5.02 Å². The average molecular weight is 272 g/mol. The van der Waals surface area contributed by atoms with Gasteiger partial charge in [0.1, 0.15) is 0 Å². The largest absolute Gasteiger partial charge is 0.417 e. The molecule has 88 valence electrons. The number of hydrogen-bond donors (Lipinski definition) is 0. The Bertz CT molecular complexity index is 420. The Hall–Kier alpha value is -0.940. The van der Waals surface area contributed by atoms with E-state index < -0.39 is 22.7 Å². The molecule has 0 spiro atoms. The Balaban J connectivity index is 3.14. The van der Waals surface area contributed by atoms with Crippen LogP contribution < -0.4 is 4.42 Å². The van der Waals surface area contributed by atoms with Crippen LogP contribution in [-0.4, -0.2) is 5.91 Å². The summed E-state index contributed by atoms with van der Waals surface area (Å²) in [5.41, 5.74) is -0.876. The first-order chi connectivity index (χ1) is 7.23. The van der Waals surface area contributed by atoms with E-state index in [4.69, 9.17) is 23.4 Å². The van der Waals surface area contributed by atoms with Gasteiger partial charge >= 0.3 is 6.18 Å². The Morgan fingerprint density at radius 3 is 2.31 bits per heavy atom. The van der Waals surface area contributed by atoms with Gasteiger partial charge in [-0.15, -0.1) is 0 Å². The van der Waals surface area contributed by atoms with E-state index in [9.17, 15) is 18.0 Å². The summed E-state index contributed by atoms with van der Waals surface area (Å²) in [6, 6.07) is 2.83. The molecule has 0 N–H and O–H groups in total. The zero-order valence-corrected chi connectivity index (χ0v) is 9.49. The molecular formula is C9H6Cl2F3NO. The van der Waals surface area contributed by atoms with Crippen LogP contribution in [0.25, 0.3) is 0 Å². The van der Waals surface area contributed by atoms with Gasteiger partial charge in [0.25, 0.3) is 0 Å². The second kappa shape index (κ2) is 4.51. The lowest BCUT2D eigenvalue weighted by Crippen LogP contribution is -2.17. The fourth-order valence-corrected chi connectivity index (χ4v) is 1.42. The van der Waals surface area contributed by atoms with Gasteiger partial charge in [0.15, 0.2) is 0 Å². The minimum Gasteiger partial charge on any atom is -0.274 e. The second-order valence-electron chi connectivity index (χ2n) is 2.96. The highest BCUT2D eigenvalue weighted by molar-refractivity contribution is 6.37. The van der Waals surface area contributed by atoms with Gasteiger partial charge in [0.05, 0.1) is 16.3 Å². The molecule has 1 amide bonds. The summed E-state index contributed by atoms with van der Waals surface area (Å²) < 4.78 is 37.7. The lowest BCUT2D eigenvalue weighted by atomic mass is 10.2. The van der Waals surface area contributed by atoms with Crippen molar-refractivity contribution in [1.82, 2.24) is 0 Å². The molecule has 0 aliphatic heterocycles. The van der Waals surface area contributed by atoms with Crippen LogP contribution in [0.15, 0.2) is 18.2 Å². The molecule has 0 aliphatic carbocycles. The van der Waals surface area contributed by atoms with Crippen LogP contribution in [0.5, 0.6) is 0 Å². The van der Waals surface area contributed by atoms with Gasteiger partial charge in [-0.1, -0.05) is 11.6 Å². The Kier molecular flexibility index (Phi) is 3.70. The van der Waals surface area contributed by atoms with Crippen LogP contribution in [0.4, 0.5) is 18.9 Å². The summed E-state index contributed by atoms with van der Waals surface area (Å²) in [7, 11) is 0. The topological polar surface area (TPSA) is 20.3 Å². The molecule has 16 heavy (non-hydrogen) atoms. The summed E-state index contributed by atoms with van der Waals surface area (Å²) in [5.74, 6) is -0.516. The molecule has 0 bridgehead atoms. The first-order valence-corrected chi connectivity index (χ1v) is 4.78. The van der Waals surface area contributed by atoms with Gasteiger partial charge in [-0.25, -0.2) is 4.42 Å². The van der Waals surface area contributed by atoms with Crippen molar-refractivity contribution in [3.05, 3.63) is 28.8 Å². The van der Waals surface area contributed by atoms with Crippen molar-refractivity contribution in [2.75, 3.05) is 4.42 Å². The molecule has 1 rings (SSSR count). The summed E-state index contributed by atoms with van der Waals surface area (Å²) in [5, 5.41) is -0.503. The average Bonchev–Trinajstić information content (AvgIpc) is 2.14. The maximum atomic E-state index is 12.3. The predicted octanol–water partition coefficient (Wildman–Crippen LogP) is 3.87. The third-order valence-corrected chi connectivity index (χ3v) is 2.51. The summed E-state index contributed by atoms with van der Waals surface area (Å²) in [4.78, 5) is 10.9. The molecule has 0 aliphatic rings. The molecule has 0 atom stereocenters. The quantitative estimate of drug-likeness (QED) is 0.711. The number of carbonyl (C=O) groups excluding carboxylic acids is 1. The Labute approximate surface area is 99.7 Å². The van der Waals surface area contributed by atoms with E-state index in [1.807, 2.05) is 0 Å². The SMILES string of the molecule is CC(=O)N(Cl)c1ccc(C(F)(F)F)c(Cl)c1. The van der Waals surface area contributed by atoms with Gasteiger partial charge in [-0.3, -0.25) is 4.79 Å². The summed E-state index contributed by atoms with van der Waals surface area (Å²) >= 11 is 11.0. The van der Waals surface area contributed by atoms with Crippen molar-refractivity contribution >= 4 is 35.0 Å². The molecular weight excluding hydrogens is 266 g/mol. The first kappa shape index (κ1) is 13.1. The maximum Gasteiger partial charge on any atom is 0.417 e. The summed E-state index contributed by atoms with van der Waals surface area (Å²) in [6.45, 7) is 1.18. The van der Waals surface area contributed by atoms with Crippen molar-refractivity contribution in [1.29, 1.82) is 0 Å². The molecule has 1 aromatic carbocycles. The van der Waals surface area contributed by atoms with Crippen molar-refractivity contribution in [3.8, 4) is 0 Å². The second-order valence-corrected chi connectivity index (χ2v) is 3.71. The van der Waals surface area contributed by atoms with Gasteiger partial charge in [0.2, 0.25) is 5.91 Å². The number of nitrogens with zero attached hydrogens (tertiary/aromatic N) is 1. The molecule has 0 heterocycles. The van der Waals surface area contributed by atoms with E-state index in [0.717, 1.165) is 18.2 Å². The molecule has 0 saturated carbocycles. The zero-order chi connectivity index (χ0) is 12.5. The standard InChI is InChI=1S/C9H6Cl2F3NO/c1-5(16)15(11)6-2-3-7(8(10)4-6)9(12,13)14/h2-4H,1H3. The third-order valence-electron chi connectivity index (χ3n) is 1.76. The number of halogens is 5. The maximum absolute atomic E-state index is 12.3. The van der Waals surface area contributed by atoms with E-state index in [1.165, 1.54) is 6.92 Å². The Morgan fingerprint density at radius 1 is 1.38 bits per heavy atom. The molecule has 0 radical (unpaired) electrons. The van der Waals surface area contributed by atoms with Crippen molar-refractivity contribution < 1.29 is 18.0 Å². The molecule has 0 aromatic heterocycles. The van der Waals surface area contributed by atoms with Gasteiger partial charge in [-0.05, 0) is 18.2 Å². The monoisotopic (exact) mass is 271 g/mol. The number of hydrogen-bond acceptors (Lipinski definition) is 1. The fraction of sp³-hybridized carbons (Fsp3) is 0.222. The van der Waals surface area contributed by atoms with Crippen LogP contribution >= 0.6 is 23.4 Å². The van der Waals surface area contributed by atoms with Gasteiger partial charge in [-0.2, -0.15) is 13.2 Å². The number of anilines is 1. The normalized spacial score (nSPS) is 11.4. The van der Waals surface area contributed by atoms with Gasteiger partial charge in [0, 0.05) is 18.7 Å². The molecule has 1 aromatic rings. The zero-order valence-electron chi connectivity index (χ0n) is 7.98. The molecule has 0 saturated heterocycles. The first-order valence-electron chi connectivity index (χ1n) is 4.06. The van der Waals surface area contributed by atoms with Crippen LogP contribution in [0.3, 0.4) is 0 Å². The number of carbonyl (C=O) groups is 1. The number of alkyl halides is 3. The van der Waals surface area contributed by atoms with Crippen LogP contribution in [0.1, 0.15) is 12.5 Å². The lowest BCUT2D eigenvalue weighted by Gasteiger charge is -2.14. The minimum atomic E-state index is -4.52. The van der Waals surface area contributed by atoms with Crippen molar-refractivity contribution in [2.45, 2.75) is 13.1 Å². The van der Waals surface area contributed by atoms with E-state index in [2.05, 4.69) is 0 Å². The lowest BCUT2D eigenvalue weighted by molar-refractivity contribution is -0.137. The number of benzene rings is 1. The van der Waals surface area contributed by atoms with Crippen LogP contribution in [-0.2, 0) is 11.0 Å². The molecule has 2 nitrogen and oxygen atoms in total. The minimum absolute atomic E-state index is 0.0900. The molecule has 0 unspecified atom stereocenters. The molecule has 7 heteroatoms.